The van der Waals surface area contributed by atoms with Gasteiger partial charge >= 0.3 is 0 Å². The summed E-state index contributed by atoms with van der Waals surface area (Å²) in [6.45, 7) is 1.60. The number of amides is 1. The maximum atomic E-state index is 13.1. The molecule has 3 N–H and O–H groups in total. The Morgan fingerprint density at radius 1 is 1.00 bits per heavy atom. The van der Waals surface area contributed by atoms with Crippen LogP contribution in [0.4, 0.5) is 17.1 Å². The van der Waals surface area contributed by atoms with E-state index in [0.29, 0.717) is 32.8 Å². The van der Waals surface area contributed by atoms with Gasteiger partial charge in [-0.1, -0.05) is 47.5 Å². The van der Waals surface area contributed by atoms with Crippen LogP contribution >= 0.6 is 23.2 Å². The van der Waals surface area contributed by atoms with Gasteiger partial charge in [0.1, 0.15) is 22.0 Å². The number of hydrogen-bond donors (Lipinski definition) is 3. The molecule has 190 valence electrons. The fraction of sp³-hybridized carbons (Fsp3) is 0.0800. The first-order chi connectivity index (χ1) is 17.5. The lowest BCUT2D eigenvalue weighted by Gasteiger charge is -2.12. The minimum Gasteiger partial charge on any atom is -0.505 e. The zero-order valence-electron chi connectivity index (χ0n) is 19.4. The lowest BCUT2D eigenvalue weighted by Crippen LogP contribution is -2.12. The number of halogens is 2. The van der Waals surface area contributed by atoms with Gasteiger partial charge in [-0.25, -0.2) is 0 Å². The summed E-state index contributed by atoms with van der Waals surface area (Å²) in [6.07, 6.45) is 0. The Kier molecular flexibility index (Phi) is 7.37. The smallest absolute Gasteiger partial charge is 0.296 e. The van der Waals surface area contributed by atoms with Crippen molar-refractivity contribution in [3.8, 4) is 11.5 Å². The molecule has 4 aromatic rings. The second-order valence-corrected chi connectivity index (χ2v) is 10.2. The number of rotatable bonds is 6. The number of carbonyl (C=O) groups excluding carboxylic acids is 1. The van der Waals surface area contributed by atoms with Crippen LogP contribution in [0.3, 0.4) is 0 Å². The van der Waals surface area contributed by atoms with E-state index in [4.69, 9.17) is 27.9 Å². The number of carbonyl (C=O) groups is 1. The van der Waals surface area contributed by atoms with Gasteiger partial charge < -0.3 is 15.2 Å². The molecule has 0 unspecified atom stereocenters. The normalized spacial score (nSPS) is 11.7. The Bertz CT molecular complexity index is 1690. The number of methoxy groups -OCH3 is 1. The van der Waals surface area contributed by atoms with Crippen molar-refractivity contribution < 1.29 is 27.6 Å². The molecule has 0 saturated carbocycles. The summed E-state index contributed by atoms with van der Waals surface area (Å²) in [7, 11) is -3.23. The van der Waals surface area contributed by atoms with E-state index in [1.54, 1.807) is 43.3 Å². The Labute approximate surface area is 222 Å². The van der Waals surface area contributed by atoms with Crippen LogP contribution in [0.1, 0.15) is 15.9 Å². The first kappa shape index (κ1) is 26.4. The molecular weight excluding hydrogens is 541 g/mol. The van der Waals surface area contributed by atoms with Crippen molar-refractivity contribution in [1.29, 1.82) is 0 Å². The highest BCUT2D eigenvalue weighted by molar-refractivity contribution is 7.86. The highest BCUT2D eigenvalue weighted by atomic mass is 35.5. The van der Waals surface area contributed by atoms with Gasteiger partial charge in [0.25, 0.3) is 16.0 Å². The molecular formula is C25H19Cl2N3O6S. The van der Waals surface area contributed by atoms with E-state index in [9.17, 15) is 22.9 Å². The molecule has 0 atom stereocenters. The van der Waals surface area contributed by atoms with Crippen LogP contribution in [0, 0.1) is 6.92 Å². The molecule has 0 aliphatic carbocycles. The third-order valence-corrected chi connectivity index (χ3v) is 6.68. The average Bonchev–Trinajstić information content (AvgIpc) is 2.82. The number of nitrogens with zero attached hydrogens (tertiary/aromatic N) is 2. The minimum absolute atomic E-state index is 0.0797. The first-order valence-corrected chi connectivity index (χ1v) is 12.8. The number of hydrogen-bond acceptors (Lipinski definition) is 7. The Morgan fingerprint density at radius 3 is 2.41 bits per heavy atom. The van der Waals surface area contributed by atoms with Gasteiger partial charge in [-0.2, -0.15) is 8.42 Å². The number of anilines is 1. The van der Waals surface area contributed by atoms with Crippen LogP contribution in [0.25, 0.3) is 10.8 Å². The zero-order chi connectivity index (χ0) is 26.9. The van der Waals surface area contributed by atoms with Gasteiger partial charge in [0.05, 0.1) is 17.7 Å². The van der Waals surface area contributed by atoms with Gasteiger partial charge in [-0.3, -0.25) is 9.35 Å². The van der Waals surface area contributed by atoms with E-state index in [1.165, 1.54) is 31.4 Å². The molecule has 0 fully saturated rings. The number of ether oxygens (including phenoxy) is 1. The van der Waals surface area contributed by atoms with Crippen LogP contribution in [0.15, 0.2) is 75.8 Å². The van der Waals surface area contributed by atoms with E-state index in [2.05, 4.69) is 15.5 Å². The maximum Gasteiger partial charge on any atom is 0.296 e. The van der Waals surface area contributed by atoms with Crippen molar-refractivity contribution in [1.82, 2.24) is 0 Å². The lowest BCUT2D eigenvalue weighted by atomic mass is 10.0. The summed E-state index contributed by atoms with van der Waals surface area (Å²) >= 11 is 12.3. The standard InChI is InChI=1S/C25H19Cl2N3O6S/c1-13-7-20(27)23(21(8-13)37(33,34)35)30-29-22-18-6-4-3-5-14(18)9-19(24(22)31)25(32)28-16-10-15(26)11-17(12-16)36-2/h3-12,31H,1-2H3,(H,28,32)(H,33,34,35). The summed E-state index contributed by atoms with van der Waals surface area (Å²) in [5.41, 5.74) is 0.246. The van der Waals surface area contributed by atoms with Crippen molar-refractivity contribution in [3.63, 3.8) is 0 Å². The summed E-state index contributed by atoms with van der Waals surface area (Å²) in [5, 5.41) is 22.9. The first-order valence-electron chi connectivity index (χ1n) is 10.6. The molecule has 37 heavy (non-hydrogen) atoms. The van der Waals surface area contributed by atoms with Gasteiger partial charge in [0.2, 0.25) is 0 Å². The highest BCUT2D eigenvalue weighted by Crippen LogP contribution is 2.41. The Balaban J connectivity index is 1.84. The zero-order valence-corrected chi connectivity index (χ0v) is 21.7. The molecule has 0 saturated heterocycles. The lowest BCUT2D eigenvalue weighted by molar-refractivity contribution is 0.102. The molecule has 0 aliphatic rings. The number of nitrogens with one attached hydrogen (secondary N) is 1. The largest absolute Gasteiger partial charge is 0.505 e. The van der Waals surface area contributed by atoms with E-state index in [-0.39, 0.29) is 22.0 Å². The summed E-state index contributed by atoms with van der Waals surface area (Å²) in [4.78, 5) is 12.6. The predicted molar refractivity (Wildman–Crippen MR) is 142 cm³/mol. The van der Waals surface area contributed by atoms with E-state index >= 15 is 0 Å². The SMILES string of the molecule is COc1cc(Cl)cc(NC(=O)c2cc3ccccc3c(N=Nc3c(Cl)cc(C)cc3S(=O)(=O)O)c2O)c1. The molecule has 0 radical (unpaired) electrons. The quantitative estimate of drug-likeness (QED) is 0.170. The van der Waals surface area contributed by atoms with E-state index in [0.717, 1.165) is 0 Å². The summed E-state index contributed by atoms with van der Waals surface area (Å²) in [6, 6.07) is 15.5. The van der Waals surface area contributed by atoms with Crippen molar-refractivity contribution in [2.45, 2.75) is 11.8 Å². The van der Waals surface area contributed by atoms with Crippen LogP contribution < -0.4 is 10.1 Å². The van der Waals surface area contributed by atoms with Crippen LogP contribution in [-0.2, 0) is 10.1 Å². The topological polar surface area (TPSA) is 138 Å². The van der Waals surface area contributed by atoms with Crippen LogP contribution in [0.5, 0.6) is 11.5 Å². The van der Waals surface area contributed by atoms with Gasteiger partial charge in [0, 0.05) is 22.2 Å². The van der Waals surface area contributed by atoms with Crippen molar-refractivity contribution in [3.05, 3.63) is 81.8 Å². The molecule has 9 nitrogen and oxygen atoms in total. The number of fused-ring (bicyclic) bond motifs is 1. The Hall–Kier alpha value is -3.70. The highest BCUT2D eigenvalue weighted by Gasteiger charge is 2.22. The van der Waals surface area contributed by atoms with E-state index in [1.807, 2.05) is 0 Å². The van der Waals surface area contributed by atoms with Gasteiger partial charge in [-0.15, -0.1) is 10.2 Å². The number of aromatic hydroxyl groups is 1. The molecule has 1 amide bonds. The van der Waals surface area contributed by atoms with E-state index < -0.39 is 26.7 Å². The second kappa shape index (κ2) is 10.3. The monoisotopic (exact) mass is 559 g/mol. The molecule has 12 heteroatoms. The number of azo groups is 1. The summed E-state index contributed by atoms with van der Waals surface area (Å²) < 4.78 is 38.6. The minimum atomic E-state index is -4.69. The second-order valence-electron chi connectivity index (χ2n) is 7.94. The number of benzene rings is 4. The third kappa shape index (κ3) is 5.67. The van der Waals surface area contributed by atoms with Crippen LogP contribution in [-0.4, -0.2) is 31.1 Å². The van der Waals surface area contributed by atoms with Crippen molar-refractivity contribution in [2.24, 2.45) is 10.2 Å². The fourth-order valence-electron chi connectivity index (χ4n) is 3.64. The summed E-state index contributed by atoms with van der Waals surface area (Å²) in [5.74, 6) is -0.758. The van der Waals surface area contributed by atoms with Gasteiger partial charge in [0.15, 0.2) is 5.75 Å². The third-order valence-electron chi connectivity index (χ3n) is 5.31. The average molecular weight is 560 g/mol. The predicted octanol–water partition coefficient (Wildman–Crippen LogP) is 7.08. The molecule has 0 bridgehead atoms. The van der Waals surface area contributed by atoms with Crippen molar-refractivity contribution >= 4 is 67.1 Å². The van der Waals surface area contributed by atoms with Crippen molar-refractivity contribution in [2.75, 3.05) is 12.4 Å². The molecule has 0 aliphatic heterocycles. The Morgan fingerprint density at radius 2 is 1.70 bits per heavy atom. The number of phenolic OH excluding ortho intramolecular Hbond substituents is 1. The number of phenols is 1. The number of aryl methyl sites for hydroxylation is 1. The molecule has 4 aromatic carbocycles. The van der Waals surface area contributed by atoms with Crippen LogP contribution in [0.2, 0.25) is 10.0 Å². The van der Waals surface area contributed by atoms with Gasteiger partial charge in [-0.05, 0) is 48.2 Å². The molecule has 0 spiro atoms. The molecule has 4 rings (SSSR count). The fourth-order valence-corrected chi connectivity index (χ4v) is 4.96. The molecule has 0 heterocycles. The molecule has 0 aromatic heterocycles. The maximum absolute atomic E-state index is 13.1.